The van der Waals surface area contributed by atoms with E-state index in [1.165, 1.54) is 7.11 Å². The number of carbonyl (C=O) groups excluding carboxylic acids is 2. The fourth-order valence-electron chi connectivity index (χ4n) is 1.72. The summed E-state index contributed by atoms with van der Waals surface area (Å²) < 4.78 is 6.20. The Morgan fingerprint density at radius 2 is 2.17 bits per heavy atom. The second-order valence-corrected chi connectivity index (χ2v) is 4.15. The van der Waals surface area contributed by atoms with Gasteiger partial charge in [-0.25, -0.2) is 0 Å². The maximum Gasteiger partial charge on any atom is 0.305 e. The van der Waals surface area contributed by atoms with Crippen LogP contribution in [0.5, 0.6) is 0 Å². The number of carbonyl (C=O) groups is 2. The number of aromatic nitrogens is 2. The molecule has 18 heavy (non-hydrogen) atoms. The van der Waals surface area contributed by atoms with Crippen LogP contribution in [0.15, 0.2) is 6.07 Å². The van der Waals surface area contributed by atoms with Crippen molar-refractivity contribution in [2.24, 2.45) is 0 Å². The molecule has 1 aromatic rings. The highest BCUT2D eigenvalue weighted by Crippen LogP contribution is 2.06. The molecule has 5 heteroatoms. The summed E-state index contributed by atoms with van der Waals surface area (Å²) in [5, 5.41) is 4.25. The lowest BCUT2D eigenvalue weighted by Crippen LogP contribution is -2.14. The summed E-state index contributed by atoms with van der Waals surface area (Å²) >= 11 is 0. The topological polar surface area (TPSA) is 61.2 Å². The summed E-state index contributed by atoms with van der Waals surface area (Å²) in [6, 6.07) is 1.93. The van der Waals surface area contributed by atoms with Gasteiger partial charge >= 0.3 is 5.97 Å². The zero-order chi connectivity index (χ0) is 13.5. The molecule has 0 saturated carbocycles. The Kier molecular flexibility index (Phi) is 5.55. The first-order chi connectivity index (χ1) is 8.56. The molecule has 0 bridgehead atoms. The maximum absolute atomic E-state index is 11.7. The van der Waals surface area contributed by atoms with Crippen LogP contribution in [0.2, 0.25) is 0 Å². The van der Waals surface area contributed by atoms with Gasteiger partial charge in [0.25, 0.3) is 0 Å². The summed E-state index contributed by atoms with van der Waals surface area (Å²) in [6.07, 6.45) is 1.77. The molecule has 0 fully saturated rings. The van der Waals surface area contributed by atoms with E-state index in [1.807, 2.05) is 13.0 Å². The highest BCUT2D eigenvalue weighted by molar-refractivity contribution is 5.79. The minimum atomic E-state index is -0.281. The molecule has 0 atom stereocenters. The van der Waals surface area contributed by atoms with Crippen LogP contribution in [0.1, 0.15) is 30.7 Å². The number of ether oxygens (including phenoxy) is 1. The molecule has 1 radical (unpaired) electrons. The molecule has 99 valence electrons. The first-order valence-corrected chi connectivity index (χ1v) is 5.98. The Morgan fingerprint density at radius 3 is 2.78 bits per heavy atom. The van der Waals surface area contributed by atoms with Gasteiger partial charge in [-0.15, -0.1) is 0 Å². The summed E-state index contributed by atoms with van der Waals surface area (Å²) in [4.78, 5) is 22.6. The van der Waals surface area contributed by atoms with Crippen molar-refractivity contribution >= 4 is 11.8 Å². The van der Waals surface area contributed by atoms with E-state index in [0.717, 1.165) is 11.4 Å². The van der Waals surface area contributed by atoms with Crippen molar-refractivity contribution in [3.05, 3.63) is 24.4 Å². The van der Waals surface area contributed by atoms with Gasteiger partial charge < -0.3 is 4.74 Å². The molecule has 0 saturated heterocycles. The van der Waals surface area contributed by atoms with Crippen LogP contribution in [0, 0.1) is 13.8 Å². The highest BCUT2D eigenvalue weighted by Gasteiger charge is 2.09. The number of Topliss-reactive ketones (excluding diaryl/α,β-unsaturated/α-hetero) is 1. The monoisotopic (exact) mass is 251 g/mol. The van der Waals surface area contributed by atoms with Crippen LogP contribution in [-0.4, -0.2) is 28.6 Å². The van der Waals surface area contributed by atoms with E-state index in [-0.39, 0.29) is 24.7 Å². The average Bonchev–Trinajstić information content (AvgIpc) is 2.69. The molecule has 0 aliphatic rings. The van der Waals surface area contributed by atoms with Gasteiger partial charge in [0.2, 0.25) is 0 Å². The fraction of sp³-hybridized carbons (Fsp3) is 0.538. The highest BCUT2D eigenvalue weighted by atomic mass is 16.5. The number of rotatable bonds is 7. The lowest BCUT2D eigenvalue weighted by atomic mass is 10.2. The van der Waals surface area contributed by atoms with Gasteiger partial charge in [-0.05, 0) is 32.8 Å². The van der Waals surface area contributed by atoms with Gasteiger partial charge in [-0.2, -0.15) is 5.10 Å². The zero-order valence-electron chi connectivity index (χ0n) is 10.9. The number of hydrogen-bond acceptors (Lipinski definition) is 4. The predicted octanol–water partition coefficient (Wildman–Crippen LogP) is 1.48. The molecule has 1 heterocycles. The van der Waals surface area contributed by atoms with Crippen molar-refractivity contribution in [2.45, 2.75) is 39.2 Å². The van der Waals surface area contributed by atoms with Crippen molar-refractivity contribution in [2.75, 3.05) is 7.11 Å². The van der Waals surface area contributed by atoms with E-state index in [0.29, 0.717) is 19.3 Å². The summed E-state index contributed by atoms with van der Waals surface area (Å²) in [5.41, 5.74) is 1.84. The fourth-order valence-corrected chi connectivity index (χ4v) is 1.72. The molecule has 1 aromatic heterocycles. The van der Waals surface area contributed by atoms with E-state index in [1.54, 1.807) is 4.68 Å². The van der Waals surface area contributed by atoms with Crippen molar-refractivity contribution in [1.29, 1.82) is 0 Å². The maximum atomic E-state index is 11.7. The number of hydrogen-bond donors (Lipinski definition) is 0. The van der Waals surface area contributed by atoms with Crippen molar-refractivity contribution < 1.29 is 14.3 Å². The van der Waals surface area contributed by atoms with E-state index in [2.05, 4.69) is 16.8 Å². The summed E-state index contributed by atoms with van der Waals surface area (Å²) in [7, 11) is 1.34. The predicted molar refractivity (Wildman–Crippen MR) is 66.9 cm³/mol. The lowest BCUT2D eigenvalue weighted by Gasteiger charge is -2.05. The van der Waals surface area contributed by atoms with Crippen LogP contribution in [0.3, 0.4) is 0 Å². The number of methoxy groups -OCH3 is 1. The molecule has 0 amide bonds. The van der Waals surface area contributed by atoms with Crippen LogP contribution < -0.4 is 0 Å². The van der Waals surface area contributed by atoms with Crippen LogP contribution >= 0.6 is 0 Å². The quantitative estimate of drug-likeness (QED) is 0.689. The molecule has 5 nitrogen and oxygen atoms in total. The Morgan fingerprint density at radius 1 is 1.44 bits per heavy atom. The smallest absolute Gasteiger partial charge is 0.305 e. The third-order valence-electron chi connectivity index (χ3n) is 2.63. The Bertz CT molecular complexity index is 424. The minimum absolute atomic E-state index is 0.0664. The standard InChI is InChI=1S/C13H19N2O3/c1-4-11-8-10(2)14-15(11)9-12(16)6-5-7-13(17)18-3/h8H,1,4-7,9H2,2-3H3. The van der Waals surface area contributed by atoms with Gasteiger partial charge in [0, 0.05) is 18.5 Å². The first-order valence-electron chi connectivity index (χ1n) is 5.98. The van der Waals surface area contributed by atoms with Crippen LogP contribution in [-0.2, 0) is 27.3 Å². The normalized spacial score (nSPS) is 10.4. The largest absolute Gasteiger partial charge is 0.469 e. The molecule has 0 aliphatic carbocycles. The van der Waals surface area contributed by atoms with E-state index >= 15 is 0 Å². The van der Waals surface area contributed by atoms with E-state index < -0.39 is 0 Å². The Labute approximate surface area is 107 Å². The van der Waals surface area contributed by atoms with Gasteiger partial charge in [0.1, 0.15) is 0 Å². The SMILES string of the molecule is [CH2]Cc1cc(C)nn1CC(=O)CCCC(=O)OC. The lowest BCUT2D eigenvalue weighted by molar-refractivity contribution is -0.140. The molecular weight excluding hydrogens is 232 g/mol. The van der Waals surface area contributed by atoms with E-state index in [4.69, 9.17) is 0 Å². The molecular formula is C13H19N2O3. The zero-order valence-corrected chi connectivity index (χ0v) is 10.9. The first kappa shape index (κ1) is 14.4. The second kappa shape index (κ2) is 6.93. The molecule has 0 aliphatic heterocycles. The summed E-state index contributed by atoms with van der Waals surface area (Å²) in [6.45, 7) is 5.94. The molecule has 0 N–H and O–H groups in total. The number of esters is 1. The van der Waals surface area contributed by atoms with Crippen molar-refractivity contribution in [3.8, 4) is 0 Å². The van der Waals surface area contributed by atoms with Gasteiger partial charge in [0.05, 0.1) is 19.3 Å². The van der Waals surface area contributed by atoms with Crippen molar-refractivity contribution in [3.63, 3.8) is 0 Å². The Hall–Kier alpha value is -1.65. The van der Waals surface area contributed by atoms with Crippen LogP contribution in [0.4, 0.5) is 0 Å². The van der Waals surface area contributed by atoms with Crippen molar-refractivity contribution in [1.82, 2.24) is 9.78 Å². The number of nitrogens with zero attached hydrogens (tertiary/aromatic N) is 2. The van der Waals surface area contributed by atoms with Crippen LogP contribution in [0.25, 0.3) is 0 Å². The van der Waals surface area contributed by atoms with Gasteiger partial charge in [-0.1, -0.05) is 0 Å². The third-order valence-corrected chi connectivity index (χ3v) is 2.63. The number of ketones is 1. The molecule has 0 spiro atoms. The molecule has 0 aromatic carbocycles. The van der Waals surface area contributed by atoms with Gasteiger partial charge in [0.15, 0.2) is 5.78 Å². The number of aryl methyl sites for hydroxylation is 1. The van der Waals surface area contributed by atoms with E-state index in [9.17, 15) is 9.59 Å². The molecule has 0 unspecified atom stereocenters. The average molecular weight is 251 g/mol. The third kappa shape index (κ3) is 4.31. The van der Waals surface area contributed by atoms with Gasteiger partial charge in [-0.3, -0.25) is 14.3 Å². The Balaban J connectivity index is 2.42. The summed E-state index contributed by atoms with van der Waals surface area (Å²) in [5.74, 6) is -0.215. The minimum Gasteiger partial charge on any atom is -0.469 e. The second-order valence-electron chi connectivity index (χ2n) is 4.15. The molecule has 1 rings (SSSR count).